The van der Waals surface area contributed by atoms with Crippen LogP contribution in [0.4, 0.5) is 5.82 Å². The Morgan fingerprint density at radius 1 is 1.38 bits per heavy atom. The van der Waals surface area contributed by atoms with Crippen molar-refractivity contribution < 1.29 is 4.74 Å². The molecule has 0 aliphatic carbocycles. The van der Waals surface area contributed by atoms with Crippen LogP contribution in [-0.2, 0) is 7.05 Å². The zero-order valence-electron chi connectivity index (χ0n) is 14.7. The van der Waals surface area contributed by atoms with Crippen LogP contribution < -0.4 is 10.5 Å². The molecule has 0 atom stereocenters. The number of aryl methyl sites for hydroxylation is 1. The molecule has 3 rings (SSSR count). The van der Waals surface area contributed by atoms with E-state index in [0.29, 0.717) is 23.6 Å². The fourth-order valence-electron chi connectivity index (χ4n) is 2.92. The second kappa shape index (κ2) is 7.11. The Kier molecular flexibility index (Phi) is 4.72. The molecule has 0 fully saturated rings. The average Bonchev–Trinajstić information content (AvgIpc) is 3.07. The fraction of sp³-hybridized carbons (Fsp3) is 0.150. The van der Waals surface area contributed by atoms with Crippen LogP contribution in [0.1, 0.15) is 11.1 Å². The predicted octanol–water partition coefficient (Wildman–Crippen LogP) is 3.48. The quantitative estimate of drug-likeness (QED) is 0.715. The molecule has 0 amide bonds. The van der Waals surface area contributed by atoms with E-state index in [9.17, 15) is 5.26 Å². The van der Waals surface area contributed by atoms with Crippen LogP contribution in [0, 0.1) is 18.3 Å². The second-order valence-electron chi connectivity index (χ2n) is 5.83. The maximum absolute atomic E-state index is 9.67. The lowest BCUT2D eigenvalue weighted by Crippen LogP contribution is -2.04. The topological polar surface area (TPSA) is 89.8 Å². The molecule has 6 nitrogen and oxygen atoms in total. The van der Waals surface area contributed by atoms with E-state index < -0.39 is 0 Å². The van der Waals surface area contributed by atoms with Crippen LogP contribution in [0.5, 0.6) is 5.75 Å². The van der Waals surface area contributed by atoms with Crippen molar-refractivity contribution in [2.45, 2.75) is 6.92 Å². The number of aromatic nitrogens is 3. The summed E-state index contributed by atoms with van der Waals surface area (Å²) in [6, 6.07) is 9.74. The number of benzene rings is 1. The van der Waals surface area contributed by atoms with Crippen LogP contribution in [0.2, 0.25) is 0 Å². The van der Waals surface area contributed by atoms with Crippen molar-refractivity contribution in [1.29, 1.82) is 5.26 Å². The number of nitrogen functional groups attached to an aromatic ring is 1. The standard InChI is InChI=1S/C20H19N5O/c1-4-9-26-17-8-6-5-7-15(17)18-13(2)19(14-11-23-25(3)12-14)24-20(22)16(18)10-21/h4-8,11-12H,1,9H2,2-3H3,(H2,22,24). The van der Waals surface area contributed by atoms with Crippen LogP contribution >= 0.6 is 0 Å². The van der Waals surface area contributed by atoms with Crippen molar-refractivity contribution >= 4 is 5.82 Å². The molecular weight excluding hydrogens is 326 g/mol. The van der Waals surface area contributed by atoms with Crippen molar-refractivity contribution in [3.05, 3.63) is 60.4 Å². The minimum atomic E-state index is 0.186. The number of para-hydroxylation sites is 1. The third-order valence-corrected chi connectivity index (χ3v) is 4.07. The number of nitrogens with zero attached hydrogens (tertiary/aromatic N) is 4. The Labute approximate surface area is 152 Å². The van der Waals surface area contributed by atoms with Gasteiger partial charge in [0.25, 0.3) is 0 Å². The summed E-state index contributed by atoms with van der Waals surface area (Å²) in [4.78, 5) is 4.45. The summed E-state index contributed by atoms with van der Waals surface area (Å²) in [5, 5.41) is 13.9. The summed E-state index contributed by atoms with van der Waals surface area (Å²) in [5.41, 5.74) is 10.4. The normalized spacial score (nSPS) is 10.3. The summed E-state index contributed by atoms with van der Waals surface area (Å²) in [6.07, 6.45) is 5.27. The zero-order valence-corrected chi connectivity index (χ0v) is 14.7. The predicted molar refractivity (Wildman–Crippen MR) is 101 cm³/mol. The minimum absolute atomic E-state index is 0.186. The number of pyridine rings is 1. The Morgan fingerprint density at radius 2 is 2.15 bits per heavy atom. The first kappa shape index (κ1) is 17.2. The first-order valence-electron chi connectivity index (χ1n) is 8.09. The van der Waals surface area contributed by atoms with Gasteiger partial charge in [0.2, 0.25) is 0 Å². The summed E-state index contributed by atoms with van der Waals surface area (Å²) in [5.74, 6) is 0.847. The van der Waals surface area contributed by atoms with Gasteiger partial charge < -0.3 is 10.5 Å². The van der Waals surface area contributed by atoms with E-state index in [4.69, 9.17) is 10.5 Å². The Hall–Kier alpha value is -3.59. The highest BCUT2D eigenvalue weighted by Gasteiger charge is 2.21. The van der Waals surface area contributed by atoms with Crippen LogP contribution in [0.15, 0.2) is 49.3 Å². The molecule has 130 valence electrons. The third kappa shape index (κ3) is 3.03. The molecule has 0 spiro atoms. The number of nitrogens with two attached hydrogens (primary N) is 1. The Morgan fingerprint density at radius 3 is 2.81 bits per heavy atom. The van der Waals surface area contributed by atoms with Gasteiger partial charge >= 0.3 is 0 Å². The Balaban J connectivity index is 2.29. The monoisotopic (exact) mass is 345 g/mol. The molecule has 0 bridgehead atoms. The Bertz CT molecular complexity index is 1010. The summed E-state index contributed by atoms with van der Waals surface area (Å²) < 4.78 is 7.48. The molecule has 1 aromatic carbocycles. The number of anilines is 1. The van der Waals surface area contributed by atoms with E-state index in [0.717, 1.165) is 22.3 Å². The number of hydrogen-bond donors (Lipinski definition) is 1. The van der Waals surface area contributed by atoms with Gasteiger partial charge in [0.05, 0.1) is 11.9 Å². The molecule has 0 saturated heterocycles. The number of hydrogen-bond acceptors (Lipinski definition) is 5. The van der Waals surface area contributed by atoms with Crippen LogP contribution in [0.3, 0.4) is 0 Å². The molecule has 0 aliphatic rings. The molecule has 26 heavy (non-hydrogen) atoms. The largest absolute Gasteiger partial charge is 0.489 e. The first-order chi connectivity index (χ1) is 12.6. The lowest BCUT2D eigenvalue weighted by atomic mass is 9.93. The summed E-state index contributed by atoms with van der Waals surface area (Å²) in [7, 11) is 1.84. The number of ether oxygens (including phenoxy) is 1. The summed E-state index contributed by atoms with van der Waals surface area (Å²) in [6.45, 7) is 5.98. The van der Waals surface area contributed by atoms with E-state index in [1.165, 1.54) is 0 Å². The van der Waals surface area contributed by atoms with Crippen molar-refractivity contribution in [2.75, 3.05) is 12.3 Å². The number of nitriles is 1. The van der Waals surface area contributed by atoms with Gasteiger partial charge in [-0.1, -0.05) is 30.9 Å². The second-order valence-corrected chi connectivity index (χ2v) is 5.83. The lowest BCUT2D eigenvalue weighted by Gasteiger charge is -2.17. The molecule has 2 N–H and O–H groups in total. The maximum Gasteiger partial charge on any atom is 0.142 e. The average molecular weight is 345 g/mol. The van der Waals surface area contributed by atoms with Crippen LogP contribution in [0.25, 0.3) is 22.4 Å². The maximum atomic E-state index is 9.67. The van der Waals surface area contributed by atoms with E-state index in [1.54, 1.807) is 17.0 Å². The van der Waals surface area contributed by atoms with Crippen molar-refractivity contribution in [1.82, 2.24) is 14.8 Å². The van der Waals surface area contributed by atoms with Gasteiger partial charge in [-0.15, -0.1) is 0 Å². The molecule has 0 radical (unpaired) electrons. The first-order valence-corrected chi connectivity index (χ1v) is 8.09. The molecule has 0 aliphatic heterocycles. The lowest BCUT2D eigenvalue weighted by molar-refractivity contribution is 0.364. The third-order valence-electron chi connectivity index (χ3n) is 4.07. The molecule has 0 unspecified atom stereocenters. The zero-order chi connectivity index (χ0) is 18.7. The van der Waals surface area contributed by atoms with Crippen molar-refractivity contribution in [2.24, 2.45) is 7.05 Å². The van der Waals surface area contributed by atoms with Gasteiger partial charge in [-0.2, -0.15) is 10.4 Å². The van der Waals surface area contributed by atoms with Gasteiger partial charge in [-0.3, -0.25) is 4.68 Å². The molecule has 0 saturated carbocycles. The summed E-state index contributed by atoms with van der Waals surface area (Å²) >= 11 is 0. The highest BCUT2D eigenvalue weighted by atomic mass is 16.5. The van der Waals surface area contributed by atoms with Gasteiger partial charge in [0.15, 0.2) is 0 Å². The van der Waals surface area contributed by atoms with E-state index in [2.05, 4.69) is 22.7 Å². The SMILES string of the molecule is C=CCOc1ccccc1-c1c(C)c(-c2cnn(C)c2)nc(N)c1C#N. The molecular formula is C20H19N5O. The molecule has 3 aromatic rings. The van der Waals surface area contributed by atoms with Crippen molar-refractivity contribution in [3.8, 4) is 34.2 Å². The smallest absolute Gasteiger partial charge is 0.142 e. The number of rotatable bonds is 5. The van der Waals surface area contributed by atoms with Gasteiger partial charge in [-0.25, -0.2) is 4.98 Å². The van der Waals surface area contributed by atoms with Crippen molar-refractivity contribution in [3.63, 3.8) is 0 Å². The molecule has 6 heteroatoms. The van der Waals surface area contributed by atoms with E-state index in [1.807, 2.05) is 44.4 Å². The van der Waals surface area contributed by atoms with Crippen LogP contribution in [-0.4, -0.2) is 21.4 Å². The van der Waals surface area contributed by atoms with Gasteiger partial charge in [-0.05, 0) is 18.6 Å². The molecule has 2 heterocycles. The molecule has 2 aromatic heterocycles. The highest BCUT2D eigenvalue weighted by molar-refractivity contribution is 5.86. The van der Waals surface area contributed by atoms with E-state index in [-0.39, 0.29) is 5.82 Å². The minimum Gasteiger partial charge on any atom is -0.489 e. The highest BCUT2D eigenvalue weighted by Crippen LogP contribution is 2.39. The fourth-order valence-corrected chi connectivity index (χ4v) is 2.92. The van der Waals surface area contributed by atoms with Gasteiger partial charge in [0, 0.05) is 29.9 Å². The van der Waals surface area contributed by atoms with Gasteiger partial charge in [0.1, 0.15) is 29.8 Å². The van der Waals surface area contributed by atoms with E-state index >= 15 is 0 Å².